The van der Waals surface area contributed by atoms with Crippen molar-refractivity contribution in [3.63, 3.8) is 0 Å². The fourth-order valence-electron chi connectivity index (χ4n) is 1.11. The first-order valence-electron chi connectivity index (χ1n) is 5.68. The molecule has 0 aromatic heterocycles. The third-order valence-electron chi connectivity index (χ3n) is 2.30. The Morgan fingerprint density at radius 1 is 1.32 bits per heavy atom. The topological polar surface area (TPSA) is 55.4 Å². The van der Waals surface area contributed by atoms with Gasteiger partial charge in [0.05, 0.1) is 5.41 Å². The summed E-state index contributed by atoms with van der Waals surface area (Å²) in [6, 6.07) is 5.43. The molecule has 5 heteroatoms. The van der Waals surface area contributed by atoms with Crippen molar-refractivity contribution in [3.8, 4) is 0 Å². The molecule has 0 heterocycles. The Balaban J connectivity index is 2.65. The standard InChI is InChI=1S/C14H16FNO3/c1-9(10-6-5-7-11(15)8-10)12(17)16-19-13(18)14(2,3)4/h5-8H,1H2,2-4H3,(H,16,17). The number of halogens is 1. The minimum Gasteiger partial charge on any atom is -0.340 e. The molecule has 4 nitrogen and oxygen atoms in total. The average molecular weight is 265 g/mol. The van der Waals surface area contributed by atoms with Crippen LogP contribution in [0.1, 0.15) is 26.3 Å². The van der Waals surface area contributed by atoms with E-state index in [1.807, 2.05) is 5.48 Å². The van der Waals surface area contributed by atoms with E-state index >= 15 is 0 Å². The molecule has 1 N–H and O–H groups in total. The predicted octanol–water partition coefficient (Wildman–Crippen LogP) is 2.46. The maximum Gasteiger partial charge on any atom is 0.337 e. The Morgan fingerprint density at radius 3 is 2.47 bits per heavy atom. The Labute approximate surface area is 111 Å². The molecule has 0 aliphatic rings. The van der Waals surface area contributed by atoms with Crippen LogP contribution in [0.4, 0.5) is 4.39 Å². The Morgan fingerprint density at radius 2 is 1.95 bits per heavy atom. The van der Waals surface area contributed by atoms with Gasteiger partial charge in [0, 0.05) is 5.57 Å². The summed E-state index contributed by atoms with van der Waals surface area (Å²) in [4.78, 5) is 27.8. The van der Waals surface area contributed by atoms with E-state index in [1.54, 1.807) is 20.8 Å². The largest absolute Gasteiger partial charge is 0.340 e. The van der Waals surface area contributed by atoms with E-state index in [2.05, 4.69) is 11.4 Å². The number of carbonyl (C=O) groups excluding carboxylic acids is 2. The molecule has 0 atom stereocenters. The lowest BCUT2D eigenvalue weighted by Crippen LogP contribution is -2.33. The van der Waals surface area contributed by atoms with Gasteiger partial charge in [0.2, 0.25) is 0 Å². The number of amides is 1. The van der Waals surface area contributed by atoms with Crippen LogP contribution >= 0.6 is 0 Å². The fourth-order valence-corrected chi connectivity index (χ4v) is 1.11. The highest BCUT2D eigenvalue weighted by molar-refractivity contribution is 6.18. The monoisotopic (exact) mass is 265 g/mol. The molecule has 0 saturated heterocycles. The molecule has 1 aromatic rings. The molecule has 0 saturated carbocycles. The highest BCUT2D eigenvalue weighted by Crippen LogP contribution is 2.16. The van der Waals surface area contributed by atoms with E-state index < -0.39 is 23.1 Å². The van der Waals surface area contributed by atoms with Crippen LogP contribution < -0.4 is 5.48 Å². The molecular formula is C14H16FNO3. The lowest BCUT2D eigenvalue weighted by Gasteiger charge is -2.16. The van der Waals surface area contributed by atoms with Gasteiger partial charge < -0.3 is 4.84 Å². The van der Waals surface area contributed by atoms with Crippen LogP contribution in [0.2, 0.25) is 0 Å². The zero-order valence-electron chi connectivity index (χ0n) is 11.1. The number of hydroxylamine groups is 1. The number of nitrogens with one attached hydrogen (secondary N) is 1. The molecule has 0 fully saturated rings. The normalized spacial score (nSPS) is 10.7. The molecule has 0 radical (unpaired) electrons. The summed E-state index contributed by atoms with van der Waals surface area (Å²) in [5, 5.41) is 0. The smallest absolute Gasteiger partial charge is 0.337 e. The van der Waals surface area contributed by atoms with Crippen molar-refractivity contribution in [1.29, 1.82) is 0 Å². The summed E-state index contributed by atoms with van der Waals surface area (Å²) in [5.41, 5.74) is 1.61. The van der Waals surface area contributed by atoms with E-state index in [1.165, 1.54) is 24.3 Å². The Bertz CT molecular complexity index is 518. The second-order valence-electron chi connectivity index (χ2n) is 5.06. The van der Waals surface area contributed by atoms with Crippen LogP contribution in [0.3, 0.4) is 0 Å². The van der Waals surface area contributed by atoms with Crippen molar-refractivity contribution >= 4 is 17.4 Å². The third-order valence-corrected chi connectivity index (χ3v) is 2.30. The molecule has 0 aliphatic heterocycles. The minimum absolute atomic E-state index is 0.0150. The van der Waals surface area contributed by atoms with Crippen molar-refractivity contribution in [2.45, 2.75) is 20.8 Å². The maximum atomic E-state index is 13.0. The highest BCUT2D eigenvalue weighted by Gasteiger charge is 2.24. The van der Waals surface area contributed by atoms with Gasteiger partial charge in [0.15, 0.2) is 0 Å². The SMILES string of the molecule is C=C(C(=O)NOC(=O)C(C)(C)C)c1cccc(F)c1. The van der Waals surface area contributed by atoms with Crippen LogP contribution in [-0.4, -0.2) is 11.9 Å². The molecule has 0 spiro atoms. The van der Waals surface area contributed by atoms with Gasteiger partial charge in [0.1, 0.15) is 5.82 Å². The van der Waals surface area contributed by atoms with Crippen LogP contribution in [0.5, 0.6) is 0 Å². The highest BCUT2D eigenvalue weighted by atomic mass is 19.1. The fraction of sp³-hybridized carbons (Fsp3) is 0.286. The molecule has 0 bridgehead atoms. The van der Waals surface area contributed by atoms with Gasteiger partial charge in [-0.05, 0) is 38.5 Å². The predicted molar refractivity (Wildman–Crippen MR) is 69.1 cm³/mol. The summed E-state index contributed by atoms with van der Waals surface area (Å²) in [6.45, 7) is 8.50. The molecule has 102 valence electrons. The van der Waals surface area contributed by atoms with Crippen molar-refractivity contribution in [3.05, 3.63) is 42.2 Å². The molecule has 0 aliphatic carbocycles. The van der Waals surface area contributed by atoms with E-state index in [-0.39, 0.29) is 5.57 Å². The first-order chi connectivity index (χ1) is 8.71. The van der Waals surface area contributed by atoms with E-state index in [4.69, 9.17) is 0 Å². The van der Waals surface area contributed by atoms with Gasteiger partial charge >= 0.3 is 5.97 Å². The van der Waals surface area contributed by atoms with Crippen LogP contribution in [0.25, 0.3) is 5.57 Å². The van der Waals surface area contributed by atoms with Gasteiger partial charge in [-0.15, -0.1) is 0 Å². The zero-order chi connectivity index (χ0) is 14.6. The van der Waals surface area contributed by atoms with Crippen molar-refractivity contribution in [1.82, 2.24) is 5.48 Å². The number of carbonyl (C=O) groups is 2. The maximum absolute atomic E-state index is 13.0. The third kappa shape index (κ3) is 4.21. The van der Waals surface area contributed by atoms with Crippen molar-refractivity contribution in [2.75, 3.05) is 0 Å². The van der Waals surface area contributed by atoms with Crippen LogP contribution in [-0.2, 0) is 14.4 Å². The van der Waals surface area contributed by atoms with Gasteiger partial charge in [-0.25, -0.2) is 9.18 Å². The van der Waals surface area contributed by atoms with Crippen LogP contribution in [0.15, 0.2) is 30.8 Å². The van der Waals surface area contributed by atoms with Gasteiger partial charge in [0.25, 0.3) is 5.91 Å². The number of hydrogen-bond acceptors (Lipinski definition) is 3. The number of hydrogen-bond donors (Lipinski definition) is 1. The number of benzene rings is 1. The number of rotatable bonds is 2. The molecular weight excluding hydrogens is 249 g/mol. The first-order valence-corrected chi connectivity index (χ1v) is 5.68. The molecule has 19 heavy (non-hydrogen) atoms. The minimum atomic E-state index is -0.729. The van der Waals surface area contributed by atoms with Gasteiger partial charge in [-0.2, -0.15) is 5.48 Å². The van der Waals surface area contributed by atoms with Crippen LogP contribution in [0, 0.1) is 11.2 Å². The van der Waals surface area contributed by atoms with E-state index in [0.29, 0.717) is 5.56 Å². The lowest BCUT2D eigenvalue weighted by atomic mass is 9.98. The van der Waals surface area contributed by atoms with Crippen molar-refractivity contribution in [2.24, 2.45) is 5.41 Å². The van der Waals surface area contributed by atoms with E-state index in [0.717, 1.165) is 0 Å². The second kappa shape index (κ2) is 5.65. The zero-order valence-corrected chi connectivity index (χ0v) is 11.1. The Hall–Kier alpha value is -2.17. The van der Waals surface area contributed by atoms with Gasteiger partial charge in [-0.3, -0.25) is 4.79 Å². The Kier molecular flexibility index (Phi) is 4.43. The average Bonchev–Trinajstić information content (AvgIpc) is 2.33. The van der Waals surface area contributed by atoms with E-state index in [9.17, 15) is 14.0 Å². The molecule has 1 amide bonds. The summed E-state index contributed by atoms with van der Waals surface area (Å²) < 4.78 is 13.0. The summed E-state index contributed by atoms with van der Waals surface area (Å²) in [5.74, 6) is -1.74. The summed E-state index contributed by atoms with van der Waals surface area (Å²) in [7, 11) is 0. The van der Waals surface area contributed by atoms with Gasteiger partial charge in [-0.1, -0.05) is 18.7 Å². The van der Waals surface area contributed by atoms with Crippen molar-refractivity contribution < 1.29 is 18.8 Å². The second-order valence-corrected chi connectivity index (χ2v) is 5.06. The molecule has 1 rings (SSSR count). The quantitative estimate of drug-likeness (QED) is 0.660. The molecule has 0 unspecified atom stereocenters. The lowest BCUT2D eigenvalue weighted by molar-refractivity contribution is -0.164. The first kappa shape index (κ1) is 14.9. The molecule has 1 aromatic carbocycles. The summed E-state index contributed by atoms with van der Waals surface area (Å²) >= 11 is 0. The summed E-state index contributed by atoms with van der Waals surface area (Å²) in [6.07, 6.45) is 0.